The lowest BCUT2D eigenvalue weighted by Gasteiger charge is -2.23. The summed E-state index contributed by atoms with van der Waals surface area (Å²) < 4.78 is 0. The molecule has 0 radical (unpaired) electrons. The first-order valence-corrected chi connectivity index (χ1v) is 6.37. The van der Waals surface area contributed by atoms with Gasteiger partial charge in [-0.25, -0.2) is 0 Å². The molecule has 1 amide bonds. The largest absolute Gasteiger partial charge is 0.353 e. The van der Waals surface area contributed by atoms with Crippen molar-refractivity contribution in [2.45, 2.75) is 63.5 Å². The van der Waals surface area contributed by atoms with Crippen LogP contribution in [0.4, 0.5) is 0 Å². The number of piperidine rings is 1. The summed E-state index contributed by atoms with van der Waals surface area (Å²) in [5.74, 6) is 0.251. The molecule has 3 heteroatoms. The van der Waals surface area contributed by atoms with Crippen molar-refractivity contribution >= 4 is 5.91 Å². The Bertz CT molecular complexity index is 206. The molecule has 1 atom stereocenters. The van der Waals surface area contributed by atoms with E-state index in [0.29, 0.717) is 18.5 Å². The molecule has 2 rings (SSSR count). The molecule has 1 aliphatic carbocycles. The molecule has 0 aromatic carbocycles. The molecule has 0 bridgehead atoms. The minimum absolute atomic E-state index is 0.251. The van der Waals surface area contributed by atoms with Crippen molar-refractivity contribution in [3.63, 3.8) is 0 Å². The van der Waals surface area contributed by atoms with Crippen molar-refractivity contribution in [1.29, 1.82) is 0 Å². The Labute approximate surface area is 92.0 Å². The van der Waals surface area contributed by atoms with Gasteiger partial charge < -0.3 is 10.6 Å². The normalized spacial score (nSPS) is 27.9. The van der Waals surface area contributed by atoms with Crippen LogP contribution in [-0.4, -0.2) is 24.5 Å². The lowest BCUT2D eigenvalue weighted by atomic mass is 10.0. The van der Waals surface area contributed by atoms with Crippen molar-refractivity contribution in [3.8, 4) is 0 Å². The summed E-state index contributed by atoms with van der Waals surface area (Å²) in [4.78, 5) is 11.7. The van der Waals surface area contributed by atoms with Crippen LogP contribution in [0.3, 0.4) is 0 Å². The monoisotopic (exact) mass is 210 g/mol. The van der Waals surface area contributed by atoms with Crippen molar-refractivity contribution < 1.29 is 4.79 Å². The van der Waals surface area contributed by atoms with Crippen LogP contribution in [0, 0.1) is 0 Å². The van der Waals surface area contributed by atoms with E-state index in [-0.39, 0.29) is 5.91 Å². The van der Waals surface area contributed by atoms with Crippen LogP contribution in [0.5, 0.6) is 0 Å². The Hall–Kier alpha value is -0.570. The maximum Gasteiger partial charge on any atom is 0.221 e. The van der Waals surface area contributed by atoms with Gasteiger partial charge in [-0.05, 0) is 32.2 Å². The second-order valence-corrected chi connectivity index (χ2v) is 4.90. The molecular formula is C12H22N2O. The van der Waals surface area contributed by atoms with Crippen molar-refractivity contribution in [2.75, 3.05) is 6.54 Å². The molecule has 1 saturated carbocycles. The average Bonchev–Trinajstić information content (AvgIpc) is 2.71. The van der Waals surface area contributed by atoms with E-state index in [9.17, 15) is 4.79 Å². The highest BCUT2D eigenvalue weighted by Crippen LogP contribution is 2.18. The summed E-state index contributed by atoms with van der Waals surface area (Å²) in [6.45, 7) is 1.08. The Kier molecular flexibility index (Phi) is 4.01. The first-order valence-electron chi connectivity index (χ1n) is 6.37. The maximum atomic E-state index is 11.7. The molecule has 1 saturated heterocycles. The topological polar surface area (TPSA) is 41.1 Å². The maximum absolute atomic E-state index is 11.7. The van der Waals surface area contributed by atoms with E-state index in [2.05, 4.69) is 10.6 Å². The highest BCUT2D eigenvalue weighted by Gasteiger charge is 2.20. The predicted molar refractivity (Wildman–Crippen MR) is 60.7 cm³/mol. The van der Waals surface area contributed by atoms with E-state index in [1.54, 1.807) is 0 Å². The van der Waals surface area contributed by atoms with Gasteiger partial charge in [0.05, 0.1) is 0 Å². The minimum Gasteiger partial charge on any atom is -0.353 e. The zero-order chi connectivity index (χ0) is 10.5. The van der Waals surface area contributed by atoms with Gasteiger partial charge in [-0.1, -0.05) is 19.3 Å². The Morgan fingerprint density at radius 1 is 1.13 bits per heavy atom. The smallest absolute Gasteiger partial charge is 0.221 e. The van der Waals surface area contributed by atoms with E-state index < -0.39 is 0 Å². The standard InChI is InChI=1S/C12H22N2O/c15-12(14-10-5-1-2-6-10)9-11-7-3-4-8-13-11/h10-11,13H,1-9H2,(H,14,15). The van der Waals surface area contributed by atoms with Gasteiger partial charge in [-0.2, -0.15) is 0 Å². The van der Waals surface area contributed by atoms with Gasteiger partial charge in [0.15, 0.2) is 0 Å². The molecule has 15 heavy (non-hydrogen) atoms. The number of amides is 1. The quantitative estimate of drug-likeness (QED) is 0.742. The third-order valence-corrected chi connectivity index (χ3v) is 3.56. The third-order valence-electron chi connectivity index (χ3n) is 3.56. The fraction of sp³-hybridized carbons (Fsp3) is 0.917. The Morgan fingerprint density at radius 2 is 1.87 bits per heavy atom. The number of nitrogens with one attached hydrogen (secondary N) is 2. The minimum atomic E-state index is 0.251. The molecule has 86 valence electrons. The van der Waals surface area contributed by atoms with Crippen LogP contribution >= 0.6 is 0 Å². The van der Waals surface area contributed by atoms with Gasteiger partial charge in [0, 0.05) is 18.5 Å². The number of carbonyl (C=O) groups excluding carboxylic acids is 1. The average molecular weight is 210 g/mol. The van der Waals surface area contributed by atoms with Crippen molar-refractivity contribution in [1.82, 2.24) is 10.6 Å². The van der Waals surface area contributed by atoms with Crippen LogP contribution in [0.1, 0.15) is 51.4 Å². The lowest BCUT2D eigenvalue weighted by molar-refractivity contribution is -0.122. The first-order chi connectivity index (χ1) is 7.34. The first kappa shape index (κ1) is 10.9. The molecule has 0 aromatic rings. The van der Waals surface area contributed by atoms with E-state index in [0.717, 1.165) is 13.0 Å². The summed E-state index contributed by atoms with van der Waals surface area (Å²) in [7, 11) is 0. The number of rotatable bonds is 3. The van der Waals surface area contributed by atoms with Crippen LogP contribution < -0.4 is 10.6 Å². The number of carbonyl (C=O) groups is 1. The van der Waals surface area contributed by atoms with Gasteiger partial charge in [-0.15, -0.1) is 0 Å². The summed E-state index contributed by atoms with van der Waals surface area (Å²) in [6.07, 6.45) is 9.32. The second kappa shape index (κ2) is 5.50. The molecule has 2 fully saturated rings. The number of hydrogen-bond acceptors (Lipinski definition) is 2. The summed E-state index contributed by atoms with van der Waals surface area (Å²) in [5, 5.41) is 6.56. The van der Waals surface area contributed by atoms with Gasteiger partial charge in [-0.3, -0.25) is 4.79 Å². The highest BCUT2D eigenvalue weighted by atomic mass is 16.1. The molecule has 1 heterocycles. The molecule has 0 spiro atoms. The molecular weight excluding hydrogens is 188 g/mol. The van der Waals surface area contributed by atoms with Gasteiger partial charge in [0.1, 0.15) is 0 Å². The Balaban J connectivity index is 1.66. The molecule has 2 aliphatic rings. The molecule has 1 aliphatic heterocycles. The van der Waals surface area contributed by atoms with E-state index in [4.69, 9.17) is 0 Å². The molecule has 1 unspecified atom stereocenters. The molecule has 2 N–H and O–H groups in total. The van der Waals surface area contributed by atoms with Crippen LogP contribution in [0.25, 0.3) is 0 Å². The van der Waals surface area contributed by atoms with Crippen molar-refractivity contribution in [2.24, 2.45) is 0 Å². The number of hydrogen-bond donors (Lipinski definition) is 2. The van der Waals surface area contributed by atoms with Gasteiger partial charge >= 0.3 is 0 Å². The van der Waals surface area contributed by atoms with E-state index in [1.165, 1.54) is 38.5 Å². The molecule has 0 aromatic heterocycles. The summed E-state index contributed by atoms with van der Waals surface area (Å²) in [6, 6.07) is 0.904. The zero-order valence-corrected chi connectivity index (χ0v) is 9.43. The van der Waals surface area contributed by atoms with Gasteiger partial charge in [0.25, 0.3) is 0 Å². The van der Waals surface area contributed by atoms with Crippen molar-refractivity contribution in [3.05, 3.63) is 0 Å². The Morgan fingerprint density at radius 3 is 2.53 bits per heavy atom. The fourth-order valence-corrected chi connectivity index (χ4v) is 2.68. The lowest BCUT2D eigenvalue weighted by Crippen LogP contribution is -2.41. The summed E-state index contributed by atoms with van der Waals surface area (Å²) >= 11 is 0. The SMILES string of the molecule is O=C(CC1CCCCN1)NC1CCCC1. The third kappa shape index (κ3) is 3.49. The van der Waals surface area contributed by atoms with Gasteiger partial charge in [0.2, 0.25) is 5.91 Å². The fourth-order valence-electron chi connectivity index (χ4n) is 2.68. The van der Waals surface area contributed by atoms with Crippen LogP contribution in [-0.2, 0) is 4.79 Å². The predicted octanol–water partition coefficient (Wildman–Crippen LogP) is 1.58. The molecule has 3 nitrogen and oxygen atoms in total. The summed E-state index contributed by atoms with van der Waals surface area (Å²) in [5.41, 5.74) is 0. The van der Waals surface area contributed by atoms with E-state index in [1.807, 2.05) is 0 Å². The van der Waals surface area contributed by atoms with Crippen LogP contribution in [0.15, 0.2) is 0 Å². The van der Waals surface area contributed by atoms with E-state index >= 15 is 0 Å². The van der Waals surface area contributed by atoms with Crippen LogP contribution in [0.2, 0.25) is 0 Å². The second-order valence-electron chi connectivity index (χ2n) is 4.90. The highest BCUT2D eigenvalue weighted by molar-refractivity contribution is 5.76. The zero-order valence-electron chi connectivity index (χ0n) is 9.43.